The number of hydrogen-bond acceptors (Lipinski definition) is 2. The van der Waals surface area contributed by atoms with Crippen LogP contribution in [0.2, 0.25) is 0 Å². The molecule has 3 atom stereocenters. The maximum Gasteiger partial charge on any atom is 0.303 e. The molecule has 0 bridgehead atoms. The van der Waals surface area contributed by atoms with Gasteiger partial charge in [-0.15, -0.1) is 0 Å². The summed E-state index contributed by atoms with van der Waals surface area (Å²) in [6.07, 6.45) is 5.99. The van der Waals surface area contributed by atoms with Gasteiger partial charge in [0.05, 0.1) is 0 Å². The lowest BCUT2D eigenvalue weighted by molar-refractivity contribution is -0.138. The molecule has 0 radical (unpaired) electrons. The lowest BCUT2D eigenvalue weighted by Crippen LogP contribution is -2.41. The summed E-state index contributed by atoms with van der Waals surface area (Å²) in [5.41, 5.74) is 2.73. The van der Waals surface area contributed by atoms with E-state index in [2.05, 4.69) is 27.7 Å². The first-order valence-corrected chi connectivity index (χ1v) is 9.07. The van der Waals surface area contributed by atoms with Gasteiger partial charge in [0.25, 0.3) is 0 Å². The van der Waals surface area contributed by atoms with Crippen molar-refractivity contribution in [1.82, 2.24) is 0 Å². The van der Waals surface area contributed by atoms with Crippen molar-refractivity contribution >= 4 is 11.8 Å². The summed E-state index contributed by atoms with van der Waals surface area (Å²) in [7, 11) is 0. The van der Waals surface area contributed by atoms with E-state index in [1.54, 1.807) is 0 Å². The van der Waals surface area contributed by atoms with Crippen molar-refractivity contribution in [3.63, 3.8) is 0 Å². The van der Waals surface area contributed by atoms with Crippen LogP contribution < -0.4 is 0 Å². The Morgan fingerprint density at radius 3 is 2.48 bits per heavy atom. The zero-order valence-corrected chi connectivity index (χ0v) is 15.4. The molecule has 0 aliphatic heterocycles. The summed E-state index contributed by atoms with van der Waals surface area (Å²) in [5, 5.41) is 8.98. The number of hydrogen-bond donors (Lipinski definition) is 1. The predicted molar refractivity (Wildman–Crippen MR) is 92.2 cm³/mol. The van der Waals surface area contributed by atoms with E-state index < -0.39 is 5.97 Å². The molecule has 0 aromatic rings. The molecule has 0 unspecified atom stereocenters. The van der Waals surface area contributed by atoms with Crippen LogP contribution >= 0.6 is 0 Å². The van der Waals surface area contributed by atoms with Crippen molar-refractivity contribution in [2.75, 3.05) is 0 Å². The minimum atomic E-state index is -0.705. The number of ketones is 1. The third-order valence-electron chi connectivity index (χ3n) is 6.70. The molecule has 23 heavy (non-hydrogen) atoms. The van der Waals surface area contributed by atoms with E-state index in [4.69, 9.17) is 5.11 Å². The Labute approximate surface area is 140 Å². The summed E-state index contributed by atoms with van der Waals surface area (Å²) in [6, 6.07) is 0. The largest absolute Gasteiger partial charge is 0.481 e. The van der Waals surface area contributed by atoms with Crippen molar-refractivity contribution in [2.24, 2.45) is 22.7 Å². The summed E-state index contributed by atoms with van der Waals surface area (Å²) in [5.74, 6) is 0.485. The number of aliphatic carboxylic acids is 1. The van der Waals surface area contributed by atoms with Crippen LogP contribution in [0.5, 0.6) is 0 Å². The van der Waals surface area contributed by atoms with Gasteiger partial charge in [-0.05, 0) is 63.2 Å². The van der Waals surface area contributed by atoms with Crippen LogP contribution in [0.1, 0.15) is 79.6 Å². The van der Waals surface area contributed by atoms with Gasteiger partial charge >= 0.3 is 5.97 Å². The second-order valence-electron chi connectivity index (χ2n) is 8.60. The molecular weight excluding hydrogens is 288 g/mol. The van der Waals surface area contributed by atoms with E-state index in [-0.39, 0.29) is 23.2 Å². The molecule has 3 nitrogen and oxygen atoms in total. The molecule has 2 aliphatic carbocycles. The number of carbonyl (C=O) groups is 2. The van der Waals surface area contributed by atoms with E-state index in [0.717, 1.165) is 32.1 Å². The van der Waals surface area contributed by atoms with Crippen LogP contribution in [0.25, 0.3) is 0 Å². The minimum Gasteiger partial charge on any atom is -0.481 e. The second kappa shape index (κ2) is 6.41. The van der Waals surface area contributed by atoms with Gasteiger partial charge in [-0.2, -0.15) is 0 Å². The van der Waals surface area contributed by atoms with E-state index in [1.165, 1.54) is 11.1 Å². The number of carboxylic acid groups (broad SMARTS) is 1. The first kappa shape index (κ1) is 18.2. The highest BCUT2D eigenvalue weighted by Gasteiger charge is 2.47. The van der Waals surface area contributed by atoms with Crippen LogP contribution in [-0.4, -0.2) is 16.9 Å². The van der Waals surface area contributed by atoms with Crippen molar-refractivity contribution in [2.45, 2.75) is 79.6 Å². The molecule has 3 heteroatoms. The van der Waals surface area contributed by atoms with Crippen LogP contribution in [0, 0.1) is 22.7 Å². The SMILES string of the molecule is C[C@H](CC[C@]1(C)C2=C(CC[C@@H]1C)C(C)(C)C(=O)CC2)CC(=O)O. The van der Waals surface area contributed by atoms with Crippen molar-refractivity contribution in [3.05, 3.63) is 11.1 Å². The fraction of sp³-hybridized carbons (Fsp3) is 0.800. The van der Waals surface area contributed by atoms with E-state index in [9.17, 15) is 9.59 Å². The third kappa shape index (κ3) is 3.39. The van der Waals surface area contributed by atoms with E-state index >= 15 is 0 Å². The van der Waals surface area contributed by atoms with Crippen LogP contribution in [-0.2, 0) is 9.59 Å². The minimum absolute atomic E-state index is 0.123. The summed E-state index contributed by atoms with van der Waals surface area (Å²) in [6.45, 7) is 10.9. The molecule has 0 fully saturated rings. The Bertz CT molecular complexity index is 529. The average Bonchev–Trinajstić information content (AvgIpc) is 2.44. The molecule has 0 saturated carbocycles. The third-order valence-corrected chi connectivity index (χ3v) is 6.70. The molecule has 0 aromatic heterocycles. The maximum atomic E-state index is 12.4. The van der Waals surface area contributed by atoms with Crippen LogP contribution in [0.4, 0.5) is 0 Å². The lowest BCUT2D eigenvalue weighted by atomic mass is 9.55. The number of carbonyl (C=O) groups excluding carboxylic acids is 1. The Kier molecular flexibility index (Phi) is 5.08. The molecule has 0 spiro atoms. The highest BCUT2D eigenvalue weighted by Crippen LogP contribution is 2.56. The Morgan fingerprint density at radius 1 is 1.22 bits per heavy atom. The molecule has 130 valence electrons. The number of rotatable bonds is 5. The first-order chi connectivity index (χ1) is 10.6. The van der Waals surface area contributed by atoms with Gasteiger partial charge in [0.2, 0.25) is 0 Å². The van der Waals surface area contributed by atoms with Crippen molar-refractivity contribution < 1.29 is 14.7 Å². The molecular formula is C20H32O3. The monoisotopic (exact) mass is 320 g/mol. The number of carboxylic acids is 1. The van der Waals surface area contributed by atoms with Gasteiger partial charge < -0.3 is 5.11 Å². The summed E-state index contributed by atoms with van der Waals surface area (Å²) < 4.78 is 0. The Balaban J connectivity index is 2.26. The first-order valence-electron chi connectivity index (χ1n) is 9.07. The van der Waals surface area contributed by atoms with E-state index in [0.29, 0.717) is 18.1 Å². The Morgan fingerprint density at radius 2 is 1.87 bits per heavy atom. The molecule has 0 aromatic carbocycles. The average molecular weight is 320 g/mol. The molecule has 0 amide bonds. The number of Topliss-reactive ketones (excluding diaryl/α,β-unsaturated/α-hetero) is 1. The van der Waals surface area contributed by atoms with E-state index in [1.807, 2.05) is 6.92 Å². The summed E-state index contributed by atoms with van der Waals surface area (Å²) in [4.78, 5) is 23.3. The van der Waals surface area contributed by atoms with Gasteiger partial charge in [0, 0.05) is 18.3 Å². The van der Waals surface area contributed by atoms with Gasteiger partial charge in [-0.3, -0.25) is 9.59 Å². The molecule has 0 saturated heterocycles. The maximum absolute atomic E-state index is 12.4. The highest BCUT2D eigenvalue weighted by atomic mass is 16.4. The van der Waals surface area contributed by atoms with Gasteiger partial charge in [0.15, 0.2) is 0 Å². The fourth-order valence-corrected chi connectivity index (χ4v) is 4.66. The Hall–Kier alpha value is -1.12. The fourth-order valence-electron chi connectivity index (χ4n) is 4.66. The van der Waals surface area contributed by atoms with Crippen molar-refractivity contribution in [3.8, 4) is 0 Å². The lowest BCUT2D eigenvalue weighted by Gasteiger charge is -2.49. The number of allylic oxidation sites excluding steroid dienone is 2. The van der Waals surface area contributed by atoms with Crippen LogP contribution in [0.3, 0.4) is 0 Å². The zero-order chi connectivity index (χ0) is 17.4. The predicted octanol–water partition coefficient (Wildman–Crippen LogP) is 5.00. The van der Waals surface area contributed by atoms with Crippen LogP contribution in [0.15, 0.2) is 11.1 Å². The molecule has 2 aliphatic rings. The standard InChI is InChI=1S/C20H32O3/c1-13(12-18(22)23)10-11-20(5)14(2)6-7-15-16(20)8-9-17(21)19(15,3)4/h13-14H,6-12H2,1-5H3,(H,22,23)/t13-,14+,20+/m1/s1. The summed E-state index contributed by atoms with van der Waals surface area (Å²) >= 11 is 0. The molecule has 1 N–H and O–H groups in total. The normalized spacial score (nSPS) is 31.7. The molecule has 0 heterocycles. The zero-order valence-electron chi connectivity index (χ0n) is 15.4. The second-order valence-corrected chi connectivity index (χ2v) is 8.60. The highest BCUT2D eigenvalue weighted by molar-refractivity contribution is 5.89. The van der Waals surface area contributed by atoms with Gasteiger partial charge in [-0.1, -0.05) is 31.9 Å². The molecule has 2 rings (SSSR count). The smallest absolute Gasteiger partial charge is 0.303 e. The quantitative estimate of drug-likeness (QED) is 0.725. The topological polar surface area (TPSA) is 54.4 Å². The van der Waals surface area contributed by atoms with Gasteiger partial charge in [0.1, 0.15) is 5.78 Å². The van der Waals surface area contributed by atoms with Crippen molar-refractivity contribution in [1.29, 1.82) is 0 Å². The van der Waals surface area contributed by atoms with Gasteiger partial charge in [-0.25, -0.2) is 0 Å².